The molecule has 0 spiro atoms. The molecule has 0 aliphatic carbocycles. The number of aryl methyl sites for hydroxylation is 2. The topological polar surface area (TPSA) is 73.0 Å². The van der Waals surface area contributed by atoms with Crippen molar-refractivity contribution < 1.29 is 4.92 Å². The summed E-state index contributed by atoms with van der Waals surface area (Å²) < 4.78 is 1.62. The molecular weight excluding hydrogens is 292 g/mol. The fourth-order valence-corrected chi connectivity index (χ4v) is 2.30. The van der Waals surface area contributed by atoms with Gasteiger partial charge in [-0.3, -0.25) is 10.1 Å². The van der Waals surface area contributed by atoms with Crippen LogP contribution in [0.15, 0.2) is 24.3 Å². The van der Waals surface area contributed by atoms with Crippen LogP contribution in [0.25, 0.3) is 0 Å². The summed E-state index contributed by atoms with van der Waals surface area (Å²) in [6, 6.07) is 7.56. The lowest BCUT2D eigenvalue weighted by Crippen LogP contribution is -2.11. The van der Waals surface area contributed by atoms with E-state index < -0.39 is 0 Å². The van der Waals surface area contributed by atoms with Crippen LogP contribution in [0, 0.1) is 17.0 Å². The van der Waals surface area contributed by atoms with Crippen LogP contribution in [-0.4, -0.2) is 21.2 Å². The monoisotopic (exact) mass is 308 g/mol. The summed E-state index contributed by atoms with van der Waals surface area (Å²) in [6.45, 7) is 4.72. The van der Waals surface area contributed by atoms with Gasteiger partial charge in [0, 0.05) is 18.1 Å². The molecule has 1 aromatic carbocycles. The molecule has 2 aromatic rings. The van der Waals surface area contributed by atoms with Crippen molar-refractivity contribution in [2.45, 2.75) is 26.8 Å². The molecule has 0 saturated carbocycles. The summed E-state index contributed by atoms with van der Waals surface area (Å²) in [4.78, 5) is 10.8. The zero-order chi connectivity index (χ0) is 15.4. The van der Waals surface area contributed by atoms with Gasteiger partial charge >= 0.3 is 5.69 Å². The van der Waals surface area contributed by atoms with Crippen LogP contribution >= 0.6 is 11.6 Å². The van der Waals surface area contributed by atoms with Crippen molar-refractivity contribution in [2.75, 3.05) is 11.9 Å². The number of hydrogen-bond donors (Lipinski definition) is 1. The third-order valence-corrected chi connectivity index (χ3v) is 3.45. The van der Waals surface area contributed by atoms with E-state index in [9.17, 15) is 10.1 Å². The molecule has 1 N–H and O–H groups in total. The van der Waals surface area contributed by atoms with Gasteiger partial charge in [0.05, 0.1) is 4.92 Å². The average Bonchev–Trinajstić information content (AvgIpc) is 2.77. The predicted molar refractivity (Wildman–Crippen MR) is 82.9 cm³/mol. The predicted octanol–water partition coefficient (Wildman–Crippen LogP) is 3.43. The molecule has 21 heavy (non-hydrogen) atoms. The number of anilines is 1. The number of halogens is 1. The molecule has 112 valence electrons. The Bertz CT molecular complexity index is 637. The van der Waals surface area contributed by atoms with Crippen LogP contribution in [0.2, 0.25) is 5.02 Å². The minimum Gasteiger partial charge on any atom is -0.364 e. The summed E-state index contributed by atoms with van der Waals surface area (Å²) in [7, 11) is 0. The molecule has 0 radical (unpaired) electrons. The van der Waals surface area contributed by atoms with Gasteiger partial charge in [-0.2, -0.15) is 5.10 Å². The van der Waals surface area contributed by atoms with Crippen LogP contribution in [0.1, 0.15) is 18.2 Å². The molecule has 6 nitrogen and oxygen atoms in total. The highest BCUT2D eigenvalue weighted by molar-refractivity contribution is 6.30. The molecule has 0 fully saturated rings. The number of nitro groups is 1. The second-order valence-electron chi connectivity index (χ2n) is 4.66. The second kappa shape index (κ2) is 6.58. The van der Waals surface area contributed by atoms with Crippen molar-refractivity contribution in [3.8, 4) is 0 Å². The summed E-state index contributed by atoms with van der Waals surface area (Å²) in [6.07, 6.45) is 0.752. The van der Waals surface area contributed by atoms with Gasteiger partial charge in [-0.15, -0.1) is 0 Å². The van der Waals surface area contributed by atoms with E-state index in [0.717, 1.165) is 12.0 Å². The SMILES string of the molecule is CCn1nc(C)c([N+](=O)[O-])c1NCCc1ccc(Cl)cc1. The van der Waals surface area contributed by atoms with Gasteiger partial charge in [-0.05, 0) is 38.0 Å². The zero-order valence-corrected chi connectivity index (χ0v) is 12.7. The Morgan fingerprint density at radius 2 is 2.05 bits per heavy atom. The Morgan fingerprint density at radius 3 is 2.62 bits per heavy atom. The Kier molecular flexibility index (Phi) is 4.80. The second-order valence-corrected chi connectivity index (χ2v) is 5.10. The maximum atomic E-state index is 11.1. The third-order valence-electron chi connectivity index (χ3n) is 3.20. The highest BCUT2D eigenvalue weighted by Gasteiger charge is 2.24. The molecule has 0 saturated heterocycles. The Morgan fingerprint density at radius 1 is 1.38 bits per heavy atom. The standard InChI is InChI=1S/C14H17ClN4O2/c1-3-18-14(13(19(20)21)10(2)17-18)16-9-8-11-4-6-12(15)7-5-11/h4-7,16H,3,8-9H2,1-2H3. The Hall–Kier alpha value is -2.08. The van der Waals surface area contributed by atoms with E-state index in [1.54, 1.807) is 11.6 Å². The molecule has 7 heteroatoms. The van der Waals surface area contributed by atoms with Crippen molar-refractivity contribution in [2.24, 2.45) is 0 Å². The first-order chi connectivity index (χ1) is 10.0. The van der Waals surface area contributed by atoms with E-state index in [2.05, 4.69) is 10.4 Å². The number of aromatic nitrogens is 2. The van der Waals surface area contributed by atoms with Crippen molar-refractivity contribution >= 4 is 23.1 Å². The molecule has 0 bridgehead atoms. The van der Waals surface area contributed by atoms with E-state index in [0.29, 0.717) is 29.6 Å². The molecule has 0 unspecified atom stereocenters. The lowest BCUT2D eigenvalue weighted by atomic mass is 10.1. The zero-order valence-electron chi connectivity index (χ0n) is 12.0. The molecule has 0 aliphatic heterocycles. The van der Waals surface area contributed by atoms with Crippen molar-refractivity contribution in [1.29, 1.82) is 0 Å². The van der Waals surface area contributed by atoms with Crippen LogP contribution in [0.5, 0.6) is 0 Å². The lowest BCUT2D eigenvalue weighted by Gasteiger charge is -2.07. The molecular formula is C14H17ClN4O2. The van der Waals surface area contributed by atoms with Crippen LogP contribution in [0.4, 0.5) is 11.5 Å². The van der Waals surface area contributed by atoms with Gasteiger partial charge in [-0.25, -0.2) is 4.68 Å². The maximum Gasteiger partial charge on any atom is 0.333 e. The summed E-state index contributed by atoms with van der Waals surface area (Å²) in [5.41, 5.74) is 1.60. The first-order valence-electron chi connectivity index (χ1n) is 6.73. The first kappa shape index (κ1) is 15.3. The fraction of sp³-hybridized carbons (Fsp3) is 0.357. The smallest absolute Gasteiger partial charge is 0.333 e. The molecule has 0 atom stereocenters. The lowest BCUT2D eigenvalue weighted by molar-refractivity contribution is -0.384. The normalized spacial score (nSPS) is 10.6. The van der Waals surface area contributed by atoms with Crippen molar-refractivity contribution in [3.05, 3.63) is 50.7 Å². The van der Waals surface area contributed by atoms with Gasteiger partial charge < -0.3 is 5.32 Å². The Labute approximate surface area is 127 Å². The van der Waals surface area contributed by atoms with Crippen LogP contribution < -0.4 is 5.32 Å². The number of hydrogen-bond acceptors (Lipinski definition) is 4. The van der Waals surface area contributed by atoms with E-state index in [1.165, 1.54) is 0 Å². The largest absolute Gasteiger partial charge is 0.364 e. The number of nitrogens with zero attached hydrogens (tertiary/aromatic N) is 3. The van der Waals surface area contributed by atoms with Gasteiger partial charge in [0.2, 0.25) is 5.82 Å². The maximum absolute atomic E-state index is 11.1. The molecule has 1 aromatic heterocycles. The highest BCUT2D eigenvalue weighted by Crippen LogP contribution is 2.28. The van der Waals surface area contributed by atoms with E-state index in [-0.39, 0.29) is 10.6 Å². The number of benzene rings is 1. The molecule has 0 amide bonds. The molecule has 1 heterocycles. The highest BCUT2D eigenvalue weighted by atomic mass is 35.5. The van der Waals surface area contributed by atoms with E-state index in [1.807, 2.05) is 31.2 Å². The van der Waals surface area contributed by atoms with Gasteiger partial charge in [0.1, 0.15) is 5.69 Å². The van der Waals surface area contributed by atoms with Crippen LogP contribution in [0.3, 0.4) is 0 Å². The quantitative estimate of drug-likeness (QED) is 0.655. The van der Waals surface area contributed by atoms with E-state index >= 15 is 0 Å². The minimum atomic E-state index is -0.390. The van der Waals surface area contributed by atoms with Crippen molar-refractivity contribution in [1.82, 2.24) is 9.78 Å². The molecule has 2 rings (SSSR count). The fourth-order valence-electron chi connectivity index (χ4n) is 2.17. The van der Waals surface area contributed by atoms with Gasteiger partial charge in [-0.1, -0.05) is 23.7 Å². The summed E-state index contributed by atoms with van der Waals surface area (Å²) in [5.74, 6) is 0.467. The average molecular weight is 309 g/mol. The molecule has 0 aliphatic rings. The van der Waals surface area contributed by atoms with Gasteiger partial charge in [0.25, 0.3) is 0 Å². The summed E-state index contributed by atoms with van der Waals surface area (Å²) >= 11 is 5.84. The van der Waals surface area contributed by atoms with Crippen LogP contribution in [-0.2, 0) is 13.0 Å². The number of rotatable bonds is 6. The summed E-state index contributed by atoms with van der Waals surface area (Å²) in [5, 5.41) is 19.1. The van der Waals surface area contributed by atoms with E-state index in [4.69, 9.17) is 11.6 Å². The first-order valence-corrected chi connectivity index (χ1v) is 7.10. The van der Waals surface area contributed by atoms with Crippen molar-refractivity contribution in [3.63, 3.8) is 0 Å². The number of nitrogens with one attached hydrogen (secondary N) is 1. The van der Waals surface area contributed by atoms with Gasteiger partial charge in [0.15, 0.2) is 0 Å². The minimum absolute atomic E-state index is 0.0490. The third kappa shape index (κ3) is 3.52. The Balaban J connectivity index is 2.09.